The molecule has 0 spiro atoms. The van der Waals surface area contributed by atoms with E-state index < -0.39 is 5.97 Å². The van der Waals surface area contributed by atoms with E-state index >= 15 is 0 Å². The van der Waals surface area contributed by atoms with Gasteiger partial charge in [-0.15, -0.1) is 0 Å². The minimum absolute atomic E-state index is 0.506. The van der Waals surface area contributed by atoms with E-state index in [-0.39, 0.29) is 0 Å². The lowest BCUT2D eigenvalue weighted by atomic mass is 10.1. The Balaban J connectivity index is 1.79. The highest BCUT2D eigenvalue weighted by Crippen LogP contribution is 2.40. The monoisotopic (exact) mass is 255 g/mol. The normalized spacial score (nSPS) is 14.9. The number of hydrogen-bond donors (Lipinski definition) is 1. The molecule has 1 saturated carbocycles. The van der Waals surface area contributed by atoms with Crippen LogP contribution in [0.25, 0.3) is 17.4 Å². The Morgan fingerprint density at radius 2 is 2.05 bits per heavy atom. The lowest BCUT2D eigenvalue weighted by Gasteiger charge is -1.97. The summed E-state index contributed by atoms with van der Waals surface area (Å²) >= 11 is 0. The first-order valence-corrected chi connectivity index (χ1v) is 6.19. The van der Waals surface area contributed by atoms with Crippen LogP contribution in [-0.4, -0.2) is 16.1 Å². The molecule has 0 radical (unpaired) electrons. The number of benzene rings is 1. The second-order valence-corrected chi connectivity index (χ2v) is 4.63. The zero-order valence-corrected chi connectivity index (χ0v) is 10.2. The number of carboxylic acid groups (broad SMARTS) is 1. The maximum Gasteiger partial charge on any atom is 0.328 e. The molecule has 96 valence electrons. The first-order chi connectivity index (χ1) is 9.22. The summed E-state index contributed by atoms with van der Waals surface area (Å²) in [7, 11) is 0. The van der Waals surface area contributed by atoms with Gasteiger partial charge in [-0.05, 0) is 24.5 Å². The van der Waals surface area contributed by atoms with Crippen LogP contribution in [-0.2, 0) is 4.79 Å². The molecule has 0 amide bonds. The summed E-state index contributed by atoms with van der Waals surface area (Å²) in [5.74, 6) is 1.14. The van der Waals surface area contributed by atoms with Gasteiger partial charge in [0.15, 0.2) is 11.7 Å². The first-order valence-electron chi connectivity index (χ1n) is 6.19. The molecule has 1 aliphatic carbocycles. The third kappa shape index (κ3) is 2.73. The number of nitrogens with zero attached hydrogens (tertiary/aromatic N) is 1. The van der Waals surface area contributed by atoms with Gasteiger partial charge in [0.05, 0.1) is 6.20 Å². The third-order valence-corrected chi connectivity index (χ3v) is 3.06. The molecule has 0 saturated heterocycles. The van der Waals surface area contributed by atoms with Crippen LogP contribution in [0, 0.1) is 0 Å². The molecule has 1 heterocycles. The minimum Gasteiger partial charge on any atom is -0.478 e. The average Bonchev–Trinajstić information content (AvgIpc) is 3.15. The molecule has 0 atom stereocenters. The van der Waals surface area contributed by atoms with Crippen molar-refractivity contribution in [3.63, 3.8) is 0 Å². The smallest absolute Gasteiger partial charge is 0.328 e. The SMILES string of the molecule is O=C(O)C=Cc1ccc(-c2cnc(C3CC3)o2)cc1. The third-order valence-electron chi connectivity index (χ3n) is 3.06. The maximum atomic E-state index is 10.4. The molecule has 4 heteroatoms. The van der Waals surface area contributed by atoms with Crippen molar-refractivity contribution in [2.45, 2.75) is 18.8 Å². The van der Waals surface area contributed by atoms with E-state index in [9.17, 15) is 4.79 Å². The fourth-order valence-corrected chi connectivity index (χ4v) is 1.87. The lowest BCUT2D eigenvalue weighted by molar-refractivity contribution is -0.131. The highest BCUT2D eigenvalue weighted by molar-refractivity contribution is 5.85. The van der Waals surface area contributed by atoms with Gasteiger partial charge in [0.25, 0.3) is 0 Å². The number of aromatic nitrogens is 1. The Kier molecular flexibility index (Phi) is 2.91. The van der Waals surface area contributed by atoms with E-state index in [0.717, 1.165) is 28.9 Å². The van der Waals surface area contributed by atoms with Crippen molar-refractivity contribution < 1.29 is 14.3 Å². The number of oxazole rings is 1. The second-order valence-electron chi connectivity index (χ2n) is 4.63. The van der Waals surface area contributed by atoms with E-state index in [0.29, 0.717) is 5.92 Å². The molecule has 1 aromatic carbocycles. The molecule has 0 unspecified atom stereocenters. The summed E-state index contributed by atoms with van der Waals surface area (Å²) in [5, 5.41) is 8.56. The van der Waals surface area contributed by atoms with E-state index in [2.05, 4.69) is 4.98 Å². The lowest BCUT2D eigenvalue weighted by Crippen LogP contribution is -1.85. The van der Waals surface area contributed by atoms with E-state index in [1.807, 2.05) is 24.3 Å². The van der Waals surface area contributed by atoms with Gasteiger partial charge in [-0.3, -0.25) is 0 Å². The van der Waals surface area contributed by atoms with E-state index in [1.54, 1.807) is 12.3 Å². The Bertz CT molecular complexity index is 621. The van der Waals surface area contributed by atoms with Crippen LogP contribution < -0.4 is 0 Å². The Hall–Kier alpha value is -2.36. The predicted octanol–water partition coefficient (Wildman–Crippen LogP) is 3.32. The van der Waals surface area contributed by atoms with E-state index in [4.69, 9.17) is 9.52 Å². The summed E-state index contributed by atoms with van der Waals surface area (Å²) in [6.45, 7) is 0. The highest BCUT2D eigenvalue weighted by atomic mass is 16.4. The molecular formula is C15H13NO3. The molecule has 19 heavy (non-hydrogen) atoms. The fraction of sp³-hybridized carbons (Fsp3) is 0.200. The first kappa shape index (κ1) is 11.7. The molecule has 0 bridgehead atoms. The van der Waals surface area contributed by atoms with Gasteiger partial charge >= 0.3 is 5.97 Å². The summed E-state index contributed by atoms with van der Waals surface area (Å²) in [6, 6.07) is 7.51. The van der Waals surface area contributed by atoms with Crippen LogP contribution in [0.2, 0.25) is 0 Å². The molecule has 3 rings (SSSR count). The molecule has 0 aliphatic heterocycles. The number of aliphatic carboxylic acids is 1. The molecule has 4 nitrogen and oxygen atoms in total. The molecular weight excluding hydrogens is 242 g/mol. The molecule has 2 aromatic rings. The van der Waals surface area contributed by atoms with Crippen molar-refractivity contribution >= 4 is 12.0 Å². The van der Waals surface area contributed by atoms with Crippen LogP contribution in [0.3, 0.4) is 0 Å². The van der Waals surface area contributed by atoms with Crippen molar-refractivity contribution in [1.29, 1.82) is 0 Å². The largest absolute Gasteiger partial charge is 0.478 e. The number of rotatable bonds is 4. The van der Waals surface area contributed by atoms with Crippen molar-refractivity contribution in [1.82, 2.24) is 4.98 Å². The zero-order chi connectivity index (χ0) is 13.2. The Morgan fingerprint density at radius 1 is 1.32 bits per heavy atom. The van der Waals surface area contributed by atoms with E-state index in [1.165, 1.54) is 12.8 Å². The number of carbonyl (C=O) groups is 1. The maximum absolute atomic E-state index is 10.4. The quantitative estimate of drug-likeness (QED) is 0.851. The Labute approximate surface area is 110 Å². The van der Waals surface area contributed by atoms with Gasteiger partial charge in [0.2, 0.25) is 0 Å². The van der Waals surface area contributed by atoms with Crippen LogP contribution in [0.5, 0.6) is 0 Å². The van der Waals surface area contributed by atoms with Gasteiger partial charge in [-0.2, -0.15) is 0 Å². The standard InChI is InChI=1S/C15H13NO3/c17-14(18)8-3-10-1-4-11(5-2-10)13-9-16-15(19-13)12-6-7-12/h1-5,8-9,12H,6-7H2,(H,17,18). The molecule has 1 aliphatic rings. The summed E-state index contributed by atoms with van der Waals surface area (Å²) in [6.07, 6.45) is 6.75. The molecule has 1 fully saturated rings. The highest BCUT2D eigenvalue weighted by Gasteiger charge is 2.28. The van der Waals surface area contributed by atoms with Gasteiger partial charge in [-0.1, -0.05) is 24.3 Å². The number of hydrogen-bond acceptors (Lipinski definition) is 3. The molecule has 1 N–H and O–H groups in total. The summed E-state index contributed by atoms with van der Waals surface area (Å²) in [5.41, 5.74) is 1.79. The second kappa shape index (κ2) is 4.72. The van der Waals surface area contributed by atoms with Gasteiger partial charge in [-0.25, -0.2) is 9.78 Å². The van der Waals surface area contributed by atoms with Crippen molar-refractivity contribution in [2.24, 2.45) is 0 Å². The van der Waals surface area contributed by atoms with Gasteiger partial charge in [0, 0.05) is 17.6 Å². The summed E-state index contributed by atoms with van der Waals surface area (Å²) in [4.78, 5) is 14.7. The predicted molar refractivity (Wildman–Crippen MR) is 70.6 cm³/mol. The van der Waals surface area contributed by atoms with Crippen molar-refractivity contribution in [2.75, 3.05) is 0 Å². The molecule has 1 aromatic heterocycles. The van der Waals surface area contributed by atoms with Crippen molar-refractivity contribution in [3.8, 4) is 11.3 Å². The topological polar surface area (TPSA) is 63.3 Å². The van der Waals surface area contributed by atoms with Crippen LogP contribution in [0.4, 0.5) is 0 Å². The van der Waals surface area contributed by atoms with Gasteiger partial charge < -0.3 is 9.52 Å². The summed E-state index contributed by atoms with van der Waals surface area (Å²) < 4.78 is 5.71. The van der Waals surface area contributed by atoms with Gasteiger partial charge in [0.1, 0.15) is 0 Å². The minimum atomic E-state index is -0.951. The zero-order valence-electron chi connectivity index (χ0n) is 10.2. The Morgan fingerprint density at radius 3 is 2.68 bits per heavy atom. The number of carboxylic acids is 1. The van der Waals surface area contributed by atoms with Crippen LogP contribution in [0.1, 0.15) is 30.2 Å². The van der Waals surface area contributed by atoms with Crippen LogP contribution >= 0.6 is 0 Å². The van der Waals surface area contributed by atoms with Crippen molar-refractivity contribution in [3.05, 3.63) is 48.0 Å². The average molecular weight is 255 g/mol. The van der Waals surface area contributed by atoms with Crippen LogP contribution in [0.15, 0.2) is 41.0 Å². The fourth-order valence-electron chi connectivity index (χ4n) is 1.87.